The van der Waals surface area contributed by atoms with Gasteiger partial charge in [0.2, 0.25) is 0 Å². The van der Waals surface area contributed by atoms with Gasteiger partial charge in [-0.2, -0.15) is 0 Å². The summed E-state index contributed by atoms with van der Waals surface area (Å²) in [4.78, 5) is 11.8. The summed E-state index contributed by atoms with van der Waals surface area (Å²) >= 11 is 3.38. The van der Waals surface area contributed by atoms with Crippen LogP contribution in [0.25, 0.3) is 0 Å². The normalized spacial score (nSPS) is 10.1. The molecule has 4 nitrogen and oxygen atoms in total. The van der Waals surface area contributed by atoms with Crippen LogP contribution in [0.2, 0.25) is 0 Å². The van der Waals surface area contributed by atoms with Crippen LogP contribution in [0.4, 0.5) is 5.69 Å². The van der Waals surface area contributed by atoms with Crippen LogP contribution < -0.4 is 10.1 Å². The number of methoxy groups -OCH3 is 1. The Balaban J connectivity index is 1.94. The molecule has 1 N–H and O–H groups in total. The summed E-state index contributed by atoms with van der Waals surface area (Å²) in [7, 11) is 1.38. The van der Waals surface area contributed by atoms with Crippen molar-refractivity contribution in [2.24, 2.45) is 0 Å². The topological polar surface area (TPSA) is 47.6 Å². The van der Waals surface area contributed by atoms with Crippen LogP contribution in [-0.2, 0) is 4.74 Å². The molecule has 5 heteroatoms. The zero-order chi connectivity index (χ0) is 15.9. The van der Waals surface area contributed by atoms with E-state index in [9.17, 15) is 4.79 Å². The Morgan fingerprint density at radius 1 is 1.18 bits per heavy atom. The van der Waals surface area contributed by atoms with E-state index < -0.39 is 0 Å². The summed E-state index contributed by atoms with van der Waals surface area (Å²) in [6, 6.07) is 13.2. The lowest BCUT2D eigenvalue weighted by Gasteiger charge is -2.14. The van der Waals surface area contributed by atoms with Crippen molar-refractivity contribution >= 4 is 27.6 Å². The first-order valence-corrected chi connectivity index (χ1v) is 7.71. The number of benzene rings is 2. The highest BCUT2D eigenvalue weighted by Gasteiger charge is 2.12. The molecule has 22 heavy (non-hydrogen) atoms. The molecule has 0 radical (unpaired) electrons. The number of halogens is 1. The van der Waals surface area contributed by atoms with Gasteiger partial charge >= 0.3 is 5.97 Å². The minimum Gasteiger partial charge on any atom is -0.492 e. The molecule has 2 aromatic carbocycles. The van der Waals surface area contributed by atoms with E-state index in [-0.39, 0.29) is 5.97 Å². The number of anilines is 1. The Labute approximate surface area is 138 Å². The molecule has 0 spiro atoms. The van der Waals surface area contributed by atoms with Crippen molar-refractivity contribution in [1.82, 2.24) is 0 Å². The molecule has 0 amide bonds. The van der Waals surface area contributed by atoms with Crippen LogP contribution in [0.3, 0.4) is 0 Å². The lowest BCUT2D eigenvalue weighted by molar-refractivity contribution is 0.0601. The number of hydrogen-bond donors (Lipinski definition) is 1. The van der Waals surface area contributed by atoms with Gasteiger partial charge in [0.25, 0.3) is 0 Å². The van der Waals surface area contributed by atoms with E-state index in [2.05, 4.69) is 21.2 Å². The first-order chi connectivity index (χ1) is 10.6. The van der Waals surface area contributed by atoms with Crippen molar-refractivity contribution in [1.29, 1.82) is 0 Å². The van der Waals surface area contributed by atoms with Gasteiger partial charge in [-0.1, -0.05) is 28.1 Å². The zero-order valence-electron chi connectivity index (χ0n) is 12.6. The van der Waals surface area contributed by atoms with Crippen molar-refractivity contribution in [2.75, 3.05) is 25.6 Å². The first kappa shape index (κ1) is 16.4. The fraction of sp³-hybridized carbons (Fsp3) is 0.235. The zero-order valence-corrected chi connectivity index (χ0v) is 14.1. The lowest BCUT2D eigenvalue weighted by Crippen LogP contribution is -2.15. The molecule has 0 aliphatic heterocycles. The number of ether oxygens (including phenoxy) is 2. The molecule has 0 unspecified atom stereocenters. The molecule has 0 atom stereocenters. The van der Waals surface area contributed by atoms with E-state index in [0.29, 0.717) is 18.7 Å². The predicted molar refractivity (Wildman–Crippen MR) is 90.6 cm³/mol. The third-order valence-electron chi connectivity index (χ3n) is 3.16. The highest BCUT2D eigenvalue weighted by Crippen LogP contribution is 2.21. The quantitative estimate of drug-likeness (QED) is 0.621. The molecule has 0 saturated carbocycles. The second-order valence-electron chi connectivity index (χ2n) is 4.72. The monoisotopic (exact) mass is 363 g/mol. The van der Waals surface area contributed by atoms with Crippen LogP contribution in [0.5, 0.6) is 5.75 Å². The first-order valence-electron chi connectivity index (χ1n) is 6.92. The van der Waals surface area contributed by atoms with Gasteiger partial charge in [-0.3, -0.25) is 0 Å². The number of carbonyl (C=O) groups excluding carboxylic acids is 1. The molecule has 0 saturated heterocycles. The number of para-hydroxylation sites is 1. The number of carbonyl (C=O) groups is 1. The van der Waals surface area contributed by atoms with Crippen LogP contribution in [0, 0.1) is 6.92 Å². The molecular formula is C17H18BrNO3. The number of esters is 1. The number of hydrogen-bond acceptors (Lipinski definition) is 4. The minimum absolute atomic E-state index is 0.347. The fourth-order valence-corrected chi connectivity index (χ4v) is 2.32. The maximum absolute atomic E-state index is 11.8. The van der Waals surface area contributed by atoms with E-state index in [0.717, 1.165) is 21.5 Å². The molecule has 0 aliphatic carbocycles. The summed E-state index contributed by atoms with van der Waals surface area (Å²) in [5.74, 6) is 0.461. The van der Waals surface area contributed by atoms with Crippen molar-refractivity contribution in [3.8, 4) is 5.75 Å². The smallest absolute Gasteiger partial charge is 0.339 e. The largest absolute Gasteiger partial charge is 0.492 e. The lowest BCUT2D eigenvalue weighted by atomic mass is 10.1. The molecule has 2 rings (SSSR count). The highest BCUT2D eigenvalue weighted by atomic mass is 79.9. The molecule has 0 aliphatic rings. The molecule has 0 fully saturated rings. The van der Waals surface area contributed by atoms with E-state index in [4.69, 9.17) is 9.47 Å². The second kappa shape index (κ2) is 7.84. The summed E-state index contributed by atoms with van der Waals surface area (Å²) in [5.41, 5.74) is 2.31. The number of nitrogens with one attached hydrogen (secondary N) is 1. The van der Waals surface area contributed by atoms with Crippen molar-refractivity contribution in [3.63, 3.8) is 0 Å². The Morgan fingerprint density at radius 3 is 2.59 bits per heavy atom. The fourth-order valence-electron chi connectivity index (χ4n) is 2.06. The highest BCUT2D eigenvalue weighted by molar-refractivity contribution is 9.10. The molecule has 0 heterocycles. The average Bonchev–Trinajstić information content (AvgIpc) is 2.53. The van der Waals surface area contributed by atoms with Crippen LogP contribution in [-0.4, -0.2) is 26.2 Å². The van der Waals surface area contributed by atoms with E-state index in [1.807, 2.05) is 43.3 Å². The third kappa shape index (κ3) is 4.24. The van der Waals surface area contributed by atoms with E-state index >= 15 is 0 Å². The molecule has 116 valence electrons. The molecule has 0 bridgehead atoms. The Bertz CT molecular complexity index is 641. The Morgan fingerprint density at radius 2 is 1.91 bits per heavy atom. The molecule has 0 aromatic heterocycles. The number of rotatable bonds is 6. The van der Waals surface area contributed by atoms with Crippen LogP contribution in [0.15, 0.2) is 46.9 Å². The van der Waals surface area contributed by atoms with Gasteiger partial charge in [0.15, 0.2) is 0 Å². The van der Waals surface area contributed by atoms with Crippen molar-refractivity contribution < 1.29 is 14.3 Å². The van der Waals surface area contributed by atoms with Crippen molar-refractivity contribution in [2.45, 2.75) is 6.92 Å². The summed E-state index contributed by atoms with van der Waals surface area (Å²) in [6.45, 7) is 3.03. The maximum atomic E-state index is 11.8. The minimum atomic E-state index is -0.347. The summed E-state index contributed by atoms with van der Waals surface area (Å²) in [6.07, 6.45) is 0. The van der Waals surface area contributed by atoms with Gasteiger partial charge < -0.3 is 14.8 Å². The van der Waals surface area contributed by atoms with E-state index in [1.165, 1.54) is 7.11 Å². The maximum Gasteiger partial charge on any atom is 0.339 e. The van der Waals surface area contributed by atoms with Gasteiger partial charge in [-0.15, -0.1) is 0 Å². The third-order valence-corrected chi connectivity index (χ3v) is 3.69. The standard InChI is InChI=1S/C17H18BrNO3/c1-12-4-3-5-15(17(20)21-2)16(12)19-10-11-22-14-8-6-13(18)7-9-14/h3-9,19H,10-11H2,1-2H3. The van der Waals surface area contributed by atoms with Gasteiger partial charge in [-0.25, -0.2) is 4.79 Å². The Hall–Kier alpha value is -2.01. The van der Waals surface area contributed by atoms with E-state index in [1.54, 1.807) is 6.07 Å². The van der Waals surface area contributed by atoms with Gasteiger partial charge in [0.05, 0.1) is 18.4 Å². The van der Waals surface area contributed by atoms with Crippen LogP contribution >= 0.6 is 15.9 Å². The predicted octanol–water partition coefficient (Wildman–Crippen LogP) is 4.04. The van der Waals surface area contributed by atoms with Gasteiger partial charge in [0.1, 0.15) is 12.4 Å². The SMILES string of the molecule is COC(=O)c1cccc(C)c1NCCOc1ccc(Br)cc1. The van der Waals surface area contributed by atoms with Crippen LogP contribution in [0.1, 0.15) is 15.9 Å². The Kier molecular flexibility index (Phi) is 5.83. The molecule has 2 aromatic rings. The second-order valence-corrected chi connectivity index (χ2v) is 5.63. The number of aryl methyl sites for hydroxylation is 1. The van der Waals surface area contributed by atoms with Gasteiger partial charge in [0, 0.05) is 11.0 Å². The van der Waals surface area contributed by atoms with Gasteiger partial charge in [-0.05, 0) is 42.8 Å². The molecular weight excluding hydrogens is 346 g/mol. The van der Waals surface area contributed by atoms with Crippen molar-refractivity contribution in [3.05, 3.63) is 58.1 Å². The summed E-state index contributed by atoms with van der Waals surface area (Å²) in [5, 5.41) is 3.24. The summed E-state index contributed by atoms with van der Waals surface area (Å²) < 4.78 is 11.5. The average molecular weight is 364 g/mol.